The highest BCUT2D eigenvalue weighted by Crippen LogP contribution is 2.19. The fourth-order valence-corrected chi connectivity index (χ4v) is 2.56. The third-order valence-electron chi connectivity index (χ3n) is 3.88. The zero-order chi connectivity index (χ0) is 17.8. The third-order valence-corrected chi connectivity index (χ3v) is 3.88. The van der Waals surface area contributed by atoms with Gasteiger partial charge in [-0.25, -0.2) is 9.37 Å². The fraction of sp³-hybridized carbons (Fsp3) is 0.167. The Morgan fingerprint density at radius 3 is 2.84 bits per heavy atom. The van der Waals surface area contributed by atoms with Gasteiger partial charge in [-0.15, -0.1) is 0 Å². The molecule has 0 spiro atoms. The van der Waals surface area contributed by atoms with Crippen LogP contribution in [-0.4, -0.2) is 28.2 Å². The van der Waals surface area contributed by atoms with Crippen LogP contribution in [0.25, 0.3) is 5.65 Å². The molecule has 0 bridgehead atoms. The van der Waals surface area contributed by atoms with Gasteiger partial charge in [0, 0.05) is 31.2 Å². The van der Waals surface area contributed by atoms with E-state index < -0.39 is 11.9 Å². The molecule has 0 aliphatic rings. The summed E-state index contributed by atoms with van der Waals surface area (Å²) in [4.78, 5) is 28.5. The van der Waals surface area contributed by atoms with Crippen molar-refractivity contribution in [2.75, 3.05) is 7.05 Å². The second-order valence-corrected chi connectivity index (χ2v) is 5.57. The maximum atomic E-state index is 13.5. The lowest BCUT2D eigenvalue weighted by atomic mass is 10.0. The van der Waals surface area contributed by atoms with E-state index in [1.165, 1.54) is 19.2 Å². The number of amides is 2. The molecular formula is C18H17FN4O2. The van der Waals surface area contributed by atoms with Gasteiger partial charge >= 0.3 is 0 Å². The average Bonchev–Trinajstić information content (AvgIpc) is 3.08. The van der Waals surface area contributed by atoms with Gasteiger partial charge in [0.25, 0.3) is 5.91 Å². The van der Waals surface area contributed by atoms with Crippen molar-refractivity contribution in [1.29, 1.82) is 0 Å². The summed E-state index contributed by atoms with van der Waals surface area (Å²) in [7, 11) is 1.51. The van der Waals surface area contributed by atoms with Gasteiger partial charge in [0.15, 0.2) is 0 Å². The highest BCUT2D eigenvalue weighted by molar-refractivity contribution is 5.95. The van der Waals surface area contributed by atoms with Crippen molar-refractivity contribution in [2.45, 2.75) is 12.5 Å². The number of carbonyl (C=O) groups is 2. The number of halogens is 1. The highest BCUT2D eigenvalue weighted by atomic mass is 19.1. The molecule has 0 saturated carbocycles. The van der Waals surface area contributed by atoms with Crippen LogP contribution in [0.4, 0.5) is 4.39 Å². The number of imidazole rings is 1. The molecule has 7 heteroatoms. The monoisotopic (exact) mass is 340 g/mol. The number of hydrogen-bond donors (Lipinski definition) is 2. The van der Waals surface area contributed by atoms with Crippen molar-refractivity contribution >= 4 is 17.5 Å². The molecule has 3 aromatic rings. The second-order valence-electron chi connectivity index (χ2n) is 5.57. The first kappa shape index (κ1) is 16.6. The minimum absolute atomic E-state index is 0.0112. The quantitative estimate of drug-likeness (QED) is 0.747. The van der Waals surface area contributed by atoms with Crippen LogP contribution in [0, 0.1) is 5.82 Å². The summed E-state index contributed by atoms with van der Waals surface area (Å²) < 4.78 is 15.3. The van der Waals surface area contributed by atoms with Gasteiger partial charge in [-0.05, 0) is 29.8 Å². The molecule has 2 heterocycles. The smallest absolute Gasteiger partial charge is 0.251 e. The van der Waals surface area contributed by atoms with Crippen LogP contribution < -0.4 is 10.6 Å². The lowest BCUT2D eigenvalue weighted by Crippen LogP contribution is -2.32. The van der Waals surface area contributed by atoms with E-state index in [-0.39, 0.29) is 18.2 Å². The highest BCUT2D eigenvalue weighted by Gasteiger charge is 2.19. The van der Waals surface area contributed by atoms with Crippen molar-refractivity contribution in [3.8, 4) is 0 Å². The largest absolute Gasteiger partial charge is 0.359 e. The summed E-state index contributed by atoms with van der Waals surface area (Å²) in [6, 6.07) is 8.52. The Bertz CT molecular complexity index is 922. The van der Waals surface area contributed by atoms with Gasteiger partial charge < -0.3 is 15.0 Å². The standard InChI is InChI=1S/C18H17FN4O2/c1-20-17(24)11-15(12-3-2-4-14(19)9-12)22-18(25)13-5-7-23-8-6-21-16(23)10-13/h2-10,15H,11H2,1H3,(H,20,24)(H,22,25). The van der Waals surface area contributed by atoms with Crippen LogP contribution >= 0.6 is 0 Å². The van der Waals surface area contributed by atoms with Crippen LogP contribution in [0.5, 0.6) is 0 Å². The molecule has 1 unspecified atom stereocenters. The Hall–Kier alpha value is -3.22. The molecule has 2 amide bonds. The molecule has 128 valence electrons. The molecule has 1 aromatic carbocycles. The van der Waals surface area contributed by atoms with E-state index in [1.54, 1.807) is 47.3 Å². The number of hydrogen-bond acceptors (Lipinski definition) is 3. The number of carbonyl (C=O) groups excluding carboxylic acids is 2. The molecule has 0 fully saturated rings. The zero-order valence-corrected chi connectivity index (χ0v) is 13.6. The van der Waals surface area contributed by atoms with Crippen LogP contribution in [0.1, 0.15) is 28.4 Å². The van der Waals surface area contributed by atoms with Crippen LogP contribution in [0.3, 0.4) is 0 Å². The SMILES string of the molecule is CNC(=O)CC(NC(=O)c1ccn2ccnc2c1)c1cccc(F)c1. The van der Waals surface area contributed by atoms with Crippen molar-refractivity contribution in [3.05, 3.63) is 71.9 Å². The zero-order valence-electron chi connectivity index (χ0n) is 13.6. The molecule has 2 aromatic heterocycles. The van der Waals surface area contributed by atoms with E-state index in [2.05, 4.69) is 15.6 Å². The summed E-state index contributed by atoms with van der Waals surface area (Å²) in [6.07, 6.45) is 5.15. The number of fused-ring (bicyclic) bond motifs is 1. The van der Waals surface area contributed by atoms with E-state index in [9.17, 15) is 14.0 Å². The van der Waals surface area contributed by atoms with Crippen molar-refractivity contribution in [3.63, 3.8) is 0 Å². The summed E-state index contributed by atoms with van der Waals surface area (Å²) in [5, 5.41) is 5.31. The Balaban J connectivity index is 1.85. The number of nitrogens with zero attached hydrogens (tertiary/aromatic N) is 2. The van der Waals surface area contributed by atoms with Crippen molar-refractivity contribution < 1.29 is 14.0 Å². The third kappa shape index (κ3) is 3.82. The fourth-order valence-electron chi connectivity index (χ4n) is 2.56. The first-order valence-electron chi connectivity index (χ1n) is 7.76. The molecule has 3 rings (SSSR count). The van der Waals surface area contributed by atoms with Gasteiger partial charge in [-0.2, -0.15) is 0 Å². The average molecular weight is 340 g/mol. The Kier molecular flexibility index (Phi) is 4.74. The van der Waals surface area contributed by atoms with Crippen molar-refractivity contribution in [1.82, 2.24) is 20.0 Å². The van der Waals surface area contributed by atoms with E-state index in [0.29, 0.717) is 16.8 Å². The lowest BCUT2D eigenvalue weighted by molar-refractivity contribution is -0.121. The molecular weight excluding hydrogens is 323 g/mol. The number of nitrogens with one attached hydrogen (secondary N) is 2. The summed E-state index contributed by atoms with van der Waals surface area (Å²) in [6.45, 7) is 0. The molecule has 0 aliphatic carbocycles. The van der Waals surface area contributed by atoms with Gasteiger partial charge in [-0.3, -0.25) is 9.59 Å². The topological polar surface area (TPSA) is 75.5 Å². The molecule has 1 atom stereocenters. The lowest BCUT2D eigenvalue weighted by Gasteiger charge is -2.19. The molecule has 0 saturated heterocycles. The molecule has 0 radical (unpaired) electrons. The molecule has 0 aliphatic heterocycles. The minimum atomic E-state index is -0.640. The Morgan fingerprint density at radius 2 is 2.08 bits per heavy atom. The minimum Gasteiger partial charge on any atom is -0.359 e. The molecule has 6 nitrogen and oxygen atoms in total. The van der Waals surface area contributed by atoms with Gasteiger partial charge in [0.1, 0.15) is 11.5 Å². The van der Waals surface area contributed by atoms with Crippen LogP contribution in [-0.2, 0) is 4.79 Å². The number of rotatable bonds is 5. The maximum Gasteiger partial charge on any atom is 0.251 e. The van der Waals surface area contributed by atoms with Gasteiger partial charge in [0.2, 0.25) is 5.91 Å². The first-order valence-corrected chi connectivity index (χ1v) is 7.76. The first-order chi connectivity index (χ1) is 12.1. The summed E-state index contributed by atoms with van der Waals surface area (Å²) in [5.74, 6) is -1.03. The predicted molar refractivity (Wildman–Crippen MR) is 90.5 cm³/mol. The van der Waals surface area contributed by atoms with Crippen molar-refractivity contribution in [2.24, 2.45) is 0 Å². The van der Waals surface area contributed by atoms with E-state index in [4.69, 9.17) is 0 Å². The molecule has 2 N–H and O–H groups in total. The van der Waals surface area contributed by atoms with E-state index >= 15 is 0 Å². The maximum absolute atomic E-state index is 13.5. The number of benzene rings is 1. The Morgan fingerprint density at radius 1 is 1.24 bits per heavy atom. The van der Waals surface area contributed by atoms with E-state index in [0.717, 1.165) is 0 Å². The second kappa shape index (κ2) is 7.12. The van der Waals surface area contributed by atoms with Gasteiger partial charge in [-0.1, -0.05) is 12.1 Å². The van der Waals surface area contributed by atoms with E-state index in [1.807, 2.05) is 0 Å². The summed E-state index contributed by atoms with van der Waals surface area (Å²) in [5.41, 5.74) is 1.58. The normalized spacial score (nSPS) is 11.9. The predicted octanol–water partition coefficient (Wildman–Crippen LogP) is 2.08. The summed E-state index contributed by atoms with van der Waals surface area (Å²) >= 11 is 0. The Labute approximate surface area is 143 Å². The number of aromatic nitrogens is 2. The van der Waals surface area contributed by atoms with Crippen LogP contribution in [0.15, 0.2) is 55.0 Å². The van der Waals surface area contributed by atoms with Gasteiger partial charge in [0.05, 0.1) is 12.5 Å². The van der Waals surface area contributed by atoms with Crippen LogP contribution in [0.2, 0.25) is 0 Å². The molecule has 25 heavy (non-hydrogen) atoms. The number of pyridine rings is 1.